The molecule has 1 unspecified atom stereocenters. The minimum absolute atomic E-state index is 0.0318. The van der Waals surface area contributed by atoms with Crippen molar-refractivity contribution in [2.45, 2.75) is 58.8 Å². The Bertz CT molecular complexity index is 1150. The molecule has 2 fully saturated rings. The van der Waals surface area contributed by atoms with Crippen LogP contribution in [0, 0.1) is 5.41 Å². The Balaban J connectivity index is 1.95. The maximum absolute atomic E-state index is 13.5. The molecule has 31 heavy (non-hydrogen) atoms. The van der Waals surface area contributed by atoms with E-state index in [9.17, 15) is 9.59 Å². The van der Waals surface area contributed by atoms with Gasteiger partial charge in [-0.25, -0.2) is 4.79 Å². The van der Waals surface area contributed by atoms with Gasteiger partial charge in [-0.15, -0.1) is 11.3 Å². The van der Waals surface area contributed by atoms with Gasteiger partial charge in [0.15, 0.2) is 5.96 Å². The van der Waals surface area contributed by atoms with Crippen LogP contribution >= 0.6 is 11.3 Å². The molecule has 0 spiro atoms. The van der Waals surface area contributed by atoms with Crippen molar-refractivity contribution in [3.05, 3.63) is 31.3 Å². The van der Waals surface area contributed by atoms with Gasteiger partial charge in [0.05, 0.1) is 24.6 Å². The number of nitrogens with zero attached hydrogens (tertiary/aromatic N) is 4. The SMILES string of the molecule is CN=C1NCCN1Cc1sc2c(c1C(C)=N)c(=O)n(C(C)C)c(=O)n2CC1CCCO1. The Kier molecular flexibility index (Phi) is 6.02. The molecule has 2 aromatic rings. The van der Waals surface area contributed by atoms with Crippen LogP contribution in [0.4, 0.5) is 0 Å². The first-order valence-electron chi connectivity index (χ1n) is 10.8. The number of hydrogen-bond donors (Lipinski definition) is 2. The maximum Gasteiger partial charge on any atom is 0.332 e. The Morgan fingerprint density at radius 3 is 2.77 bits per heavy atom. The summed E-state index contributed by atoms with van der Waals surface area (Å²) >= 11 is 1.44. The first-order valence-corrected chi connectivity index (χ1v) is 11.6. The molecule has 4 rings (SSSR count). The third kappa shape index (κ3) is 3.82. The number of aliphatic imine (C=N–C) groups is 1. The molecule has 2 aromatic heterocycles. The highest BCUT2D eigenvalue weighted by Gasteiger charge is 2.28. The average Bonchev–Trinajstić information content (AvgIpc) is 3.44. The predicted molar refractivity (Wildman–Crippen MR) is 124 cm³/mol. The molecule has 9 nitrogen and oxygen atoms in total. The number of rotatable bonds is 6. The van der Waals surface area contributed by atoms with Gasteiger partial charge in [0.25, 0.3) is 5.56 Å². The summed E-state index contributed by atoms with van der Waals surface area (Å²) in [6.45, 7) is 8.66. The van der Waals surface area contributed by atoms with E-state index in [0.717, 1.165) is 36.8 Å². The lowest BCUT2D eigenvalue weighted by atomic mass is 10.1. The van der Waals surface area contributed by atoms with Crippen LogP contribution in [0.3, 0.4) is 0 Å². The zero-order chi connectivity index (χ0) is 22.3. The highest BCUT2D eigenvalue weighted by molar-refractivity contribution is 7.19. The van der Waals surface area contributed by atoms with Crippen LogP contribution in [0.2, 0.25) is 0 Å². The molecule has 2 aliphatic rings. The molecule has 0 amide bonds. The summed E-state index contributed by atoms with van der Waals surface area (Å²) in [4.78, 5) is 34.8. The van der Waals surface area contributed by atoms with Crippen molar-refractivity contribution in [2.24, 2.45) is 4.99 Å². The first kappa shape index (κ1) is 21.8. The van der Waals surface area contributed by atoms with E-state index in [4.69, 9.17) is 10.1 Å². The van der Waals surface area contributed by atoms with Crippen molar-refractivity contribution in [3.8, 4) is 0 Å². The maximum atomic E-state index is 13.5. The van der Waals surface area contributed by atoms with Gasteiger partial charge < -0.3 is 20.4 Å². The molecular formula is C21H30N6O3S. The van der Waals surface area contributed by atoms with Crippen LogP contribution in [-0.2, 0) is 17.8 Å². The lowest BCUT2D eigenvalue weighted by Crippen LogP contribution is -2.42. The fraction of sp³-hybridized carbons (Fsp3) is 0.619. The van der Waals surface area contributed by atoms with Crippen LogP contribution in [0.15, 0.2) is 14.6 Å². The molecule has 168 valence electrons. The van der Waals surface area contributed by atoms with E-state index in [-0.39, 0.29) is 23.4 Å². The van der Waals surface area contributed by atoms with Gasteiger partial charge in [-0.1, -0.05) is 0 Å². The van der Waals surface area contributed by atoms with Gasteiger partial charge in [-0.3, -0.25) is 18.9 Å². The summed E-state index contributed by atoms with van der Waals surface area (Å²) in [6.07, 6.45) is 1.85. The molecule has 0 bridgehead atoms. The van der Waals surface area contributed by atoms with E-state index in [0.29, 0.717) is 41.2 Å². The number of fused-ring (bicyclic) bond motifs is 1. The topological polar surface area (TPSA) is 105 Å². The minimum atomic E-state index is -0.313. The summed E-state index contributed by atoms with van der Waals surface area (Å²) in [5.41, 5.74) is 0.358. The third-order valence-corrected chi connectivity index (χ3v) is 7.09. The van der Waals surface area contributed by atoms with Crippen molar-refractivity contribution in [1.82, 2.24) is 19.4 Å². The van der Waals surface area contributed by atoms with Gasteiger partial charge >= 0.3 is 5.69 Å². The van der Waals surface area contributed by atoms with E-state index in [2.05, 4.69) is 15.2 Å². The number of aromatic nitrogens is 2. The molecule has 4 heterocycles. The Hall–Kier alpha value is -2.46. The monoisotopic (exact) mass is 446 g/mol. The smallest absolute Gasteiger partial charge is 0.332 e. The zero-order valence-electron chi connectivity index (χ0n) is 18.5. The Labute approximate surface area is 184 Å². The zero-order valence-corrected chi connectivity index (χ0v) is 19.3. The number of ether oxygens (including phenoxy) is 1. The Morgan fingerprint density at radius 2 is 2.16 bits per heavy atom. The van der Waals surface area contributed by atoms with Crippen LogP contribution in [0.1, 0.15) is 50.1 Å². The predicted octanol–water partition coefficient (Wildman–Crippen LogP) is 1.76. The quantitative estimate of drug-likeness (QED) is 0.658. The molecule has 0 aliphatic carbocycles. The van der Waals surface area contributed by atoms with Gasteiger partial charge in [-0.2, -0.15) is 0 Å². The van der Waals surface area contributed by atoms with Gasteiger partial charge in [0, 0.05) is 48.9 Å². The molecule has 2 aliphatic heterocycles. The van der Waals surface area contributed by atoms with Gasteiger partial charge in [0.1, 0.15) is 4.83 Å². The second kappa shape index (κ2) is 8.58. The summed E-state index contributed by atoms with van der Waals surface area (Å²) in [7, 11) is 1.74. The summed E-state index contributed by atoms with van der Waals surface area (Å²) < 4.78 is 8.81. The van der Waals surface area contributed by atoms with Crippen molar-refractivity contribution in [3.63, 3.8) is 0 Å². The summed E-state index contributed by atoms with van der Waals surface area (Å²) in [6, 6.07) is -0.274. The van der Waals surface area contributed by atoms with Crippen LogP contribution in [-0.4, -0.2) is 58.6 Å². The molecule has 0 aromatic carbocycles. The third-order valence-electron chi connectivity index (χ3n) is 5.89. The van der Waals surface area contributed by atoms with E-state index in [1.165, 1.54) is 15.9 Å². The standard InChI is InChI=1S/C21H30N6O3S/c1-12(2)27-18(28)17-16(13(3)22)15(11-25-8-7-24-20(25)23-4)31-19(17)26(21(27)29)10-14-6-5-9-30-14/h12,14,22H,5-11H2,1-4H3,(H,23,24). The van der Waals surface area contributed by atoms with Crippen molar-refractivity contribution in [2.75, 3.05) is 26.7 Å². The normalized spacial score (nSPS) is 20.4. The first-order chi connectivity index (χ1) is 14.8. The Morgan fingerprint density at radius 1 is 1.39 bits per heavy atom. The molecule has 1 atom stereocenters. The molecule has 0 radical (unpaired) electrons. The molecule has 2 N–H and O–H groups in total. The van der Waals surface area contributed by atoms with E-state index in [1.807, 2.05) is 13.8 Å². The second-order valence-corrected chi connectivity index (χ2v) is 9.48. The lowest BCUT2D eigenvalue weighted by molar-refractivity contribution is 0.0965. The fourth-order valence-corrected chi connectivity index (χ4v) is 5.83. The summed E-state index contributed by atoms with van der Waals surface area (Å²) in [5, 5.41) is 12.2. The largest absolute Gasteiger partial charge is 0.376 e. The molecule has 2 saturated heterocycles. The number of guanidine groups is 1. The molecule has 0 saturated carbocycles. The van der Waals surface area contributed by atoms with Crippen molar-refractivity contribution >= 4 is 33.2 Å². The van der Waals surface area contributed by atoms with Crippen LogP contribution in [0.5, 0.6) is 0 Å². The average molecular weight is 447 g/mol. The van der Waals surface area contributed by atoms with Gasteiger partial charge in [0.2, 0.25) is 0 Å². The van der Waals surface area contributed by atoms with Crippen LogP contribution < -0.4 is 16.6 Å². The highest BCUT2D eigenvalue weighted by atomic mass is 32.1. The van der Waals surface area contributed by atoms with E-state index in [1.54, 1.807) is 18.5 Å². The lowest BCUT2D eigenvalue weighted by Gasteiger charge is -2.17. The second-order valence-electron chi connectivity index (χ2n) is 8.40. The number of thiophene rings is 1. The molecular weight excluding hydrogens is 416 g/mol. The molecule has 10 heteroatoms. The fourth-order valence-electron chi connectivity index (χ4n) is 4.46. The van der Waals surface area contributed by atoms with Crippen molar-refractivity contribution in [1.29, 1.82) is 5.41 Å². The van der Waals surface area contributed by atoms with E-state index < -0.39 is 0 Å². The van der Waals surface area contributed by atoms with E-state index >= 15 is 0 Å². The highest BCUT2D eigenvalue weighted by Crippen LogP contribution is 2.31. The van der Waals surface area contributed by atoms with Crippen molar-refractivity contribution < 1.29 is 4.74 Å². The number of nitrogens with one attached hydrogen (secondary N) is 2. The number of hydrogen-bond acceptors (Lipinski definition) is 6. The van der Waals surface area contributed by atoms with Crippen LogP contribution in [0.25, 0.3) is 10.2 Å². The van der Waals surface area contributed by atoms with Gasteiger partial charge in [-0.05, 0) is 33.6 Å². The minimum Gasteiger partial charge on any atom is -0.376 e. The summed E-state index contributed by atoms with van der Waals surface area (Å²) in [5.74, 6) is 0.808.